The van der Waals surface area contributed by atoms with Gasteiger partial charge in [0, 0.05) is 36.0 Å². The van der Waals surface area contributed by atoms with Crippen LogP contribution >= 0.6 is 0 Å². The minimum Gasteiger partial charge on any atom is -0.478 e. The third-order valence-electron chi connectivity index (χ3n) is 4.37. The summed E-state index contributed by atoms with van der Waals surface area (Å²) in [7, 11) is 4.25. The standard InChI is InChI=1S/C19H22N2.C4H4O4/c1-15-8-4-6-10-18(15)21-14-16(12-13-20(2)3)17-9-5-7-11-19(17)21;5-3(6)1-2-4(7)8/h4-11,14H,12-13H2,1-3H3;1-2H,(H,5,6)(H,7,8)/b;2-1+. The van der Waals surface area contributed by atoms with Crippen molar-refractivity contribution in [2.75, 3.05) is 20.6 Å². The summed E-state index contributed by atoms with van der Waals surface area (Å²) in [5, 5.41) is 17.0. The Hall–Kier alpha value is -3.38. The van der Waals surface area contributed by atoms with E-state index in [2.05, 4.69) is 85.2 Å². The van der Waals surface area contributed by atoms with Crippen molar-refractivity contribution < 1.29 is 19.8 Å². The molecule has 0 bridgehead atoms. The molecule has 1 aromatic heterocycles. The first-order chi connectivity index (χ1) is 13.8. The molecule has 0 saturated heterocycles. The van der Waals surface area contributed by atoms with Gasteiger partial charge in [0.2, 0.25) is 0 Å². The van der Waals surface area contributed by atoms with Gasteiger partial charge >= 0.3 is 11.9 Å². The fourth-order valence-corrected chi connectivity index (χ4v) is 2.97. The maximum atomic E-state index is 9.55. The van der Waals surface area contributed by atoms with Gasteiger partial charge in [0.05, 0.1) is 5.52 Å². The number of carbonyl (C=O) groups is 2. The zero-order valence-corrected chi connectivity index (χ0v) is 16.9. The summed E-state index contributed by atoms with van der Waals surface area (Å²) in [6, 6.07) is 17.3. The van der Waals surface area contributed by atoms with Crippen molar-refractivity contribution in [3.63, 3.8) is 0 Å². The molecule has 0 aliphatic carbocycles. The Kier molecular flexibility index (Phi) is 7.74. The van der Waals surface area contributed by atoms with Crippen molar-refractivity contribution in [2.24, 2.45) is 0 Å². The van der Waals surface area contributed by atoms with Crippen LogP contribution in [0.5, 0.6) is 0 Å². The maximum Gasteiger partial charge on any atom is 0.328 e. The number of carboxylic acids is 2. The lowest BCUT2D eigenvalue weighted by molar-refractivity contribution is -0.134. The largest absolute Gasteiger partial charge is 0.478 e. The number of carboxylic acid groups (broad SMARTS) is 2. The van der Waals surface area contributed by atoms with Crippen LogP contribution in [0.15, 0.2) is 66.9 Å². The predicted molar refractivity (Wildman–Crippen MR) is 115 cm³/mol. The topological polar surface area (TPSA) is 82.8 Å². The number of aliphatic carboxylic acids is 2. The van der Waals surface area contributed by atoms with Gasteiger partial charge in [0.25, 0.3) is 0 Å². The van der Waals surface area contributed by atoms with Crippen molar-refractivity contribution in [2.45, 2.75) is 13.3 Å². The van der Waals surface area contributed by atoms with Gasteiger partial charge in [0.1, 0.15) is 0 Å². The molecule has 2 aromatic carbocycles. The second kappa shape index (κ2) is 10.2. The molecular weight excluding hydrogens is 368 g/mol. The van der Waals surface area contributed by atoms with Crippen LogP contribution in [-0.4, -0.2) is 52.3 Å². The van der Waals surface area contributed by atoms with Crippen LogP contribution in [0.1, 0.15) is 11.1 Å². The van der Waals surface area contributed by atoms with Crippen LogP contribution in [-0.2, 0) is 16.0 Å². The second-order valence-electron chi connectivity index (χ2n) is 6.89. The van der Waals surface area contributed by atoms with Crippen molar-refractivity contribution in [3.05, 3.63) is 78.0 Å². The van der Waals surface area contributed by atoms with Gasteiger partial charge in [-0.1, -0.05) is 36.4 Å². The predicted octanol–water partition coefficient (Wildman–Crippen LogP) is 3.75. The molecule has 3 rings (SSSR count). The smallest absolute Gasteiger partial charge is 0.328 e. The highest BCUT2D eigenvalue weighted by Crippen LogP contribution is 2.26. The zero-order valence-electron chi connectivity index (χ0n) is 16.9. The quantitative estimate of drug-likeness (QED) is 0.622. The highest BCUT2D eigenvalue weighted by Gasteiger charge is 2.10. The van der Waals surface area contributed by atoms with Crippen molar-refractivity contribution in [1.82, 2.24) is 9.47 Å². The number of aryl methyl sites for hydroxylation is 1. The average Bonchev–Trinajstić information content (AvgIpc) is 3.04. The molecule has 6 heteroatoms. The van der Waals surface area contributed by atoms with Crippen LogP contribution in [0.3, 0.4) is 0 Å². The number of fused-ring (bicyclic) bond motifs is 1. The molecule has 29 heavy (non-hydrogen) atoms. The van der Waals surface area contributed by atoms with Gasteiger partial charge in [-0.2, -0.15) is 0 Å². The number of rotatable bonds is 6. The van der Waals surface area contributed by atoms with E-state index in [1.165, 1.54) is 27.7 Å². The summed E-state index contributed by atoms with van der Waals surface area (Å²) in [4.78, 5) is 21.3. The number of likely N-dealkylation sites (N-methyl/N-ethyl adjacent to an activating group) is 1. The lowest BCUT2D eigenvalue weighted by atomic mass is 10.1. The number of aromatic nitrogens is 1. The lowest BCUT2D eigenvalue weighted by Crippen LogP contribution is -2.14. The normalized spacial score (nSPS) is 10.9. The summed E-state index contributed by atoms with van der Waals surface area (Å²) in [5.41, 5.74) is 5.28. The van der Waals surface area contributed by atoms with Crippen LogP contribution < -0.4 is 0 Å². The fourth-order valence-electron chi connectivity index (χ4n) is 2.97. The van der Waals surface area contributed by atoms with E-state index in [9.17, 15) is 9.59 Å². The number of hydrogen-bond donors (Lipinski definition) is 2. The zero-order chi connectivity index (χ0) is 21.4. The van der Waals surface area contributed by atoms with Crippen molar-refractivity contribution in [1.29, 1.82) is 0 Å². The Balaban J connectivity index is 0.000000321. The van der Waals surface area contributed by atoms with Gasteiger partial charge in [-0.3, -0.25) is 0 Å². The molecule has 3 aromatic rings. The molecule has 0 atom stereocenters. The molecule has 1 heterocycles. The maximum absolute atomic E-state index is 9.55. The third kappa shape index (κ3) is 6.33. The molecule has 0 amide bonds. The highest BCUT2D eigenvalue weighted by molar-refractivity contribution is 5.89. The Bertz CT molecular complexity index is 1000. The van der Waals surface area contributed by atoms with E-state index in [1.807, 2.05) is 0 Å². The van der Waals surface area contributed by atoms with E-state index in [0.717, 1.165) is 13.0 Å². The first kappa shape index (κ1) is 21.9. The minimum absolute atomic E-state index is 0.558. The molecule has 152 valence electrons. The van der Waals surface area contributed by atoms with Gasteiger partial charge in [-0.15, -0.1) is 0 Å². The second-order valence-corrected chi connectivity index (χ2v) is 6.89. The van der Waals surface area contributed by atoms with Gasteiger partial charge < -0.3 is 19.7 Å². The molecular formula is C23H26N2O4. The SMILES string of the molecule is Cc1ccccc1-n1cc(CCN(C)C)c2ccccc21.O=C(O)/C=C/C(=O)O. The molecule has 0 unspecified atom stereocenters. The van der Waals surface area contributed by atoms with Crippen LogP contribution in [0, 0.1) is 6.92 Å². The molecule has 0 radical (unpaired) electrons. The van der Waals surface area contributed by atoms with Gasteiger partial charge in [-0.25, -0.2) is 9.59 Å². The molecule has 0 saturated carbocycles. The number of nitrogens with zero attached hydrogens (tertiary/aromatic N) is 2. The molecule has 0 spiro atoms. The first-order valence-corrected chi connectivity index (χ1v) is 9.23. The molecule has 6 nitrogen and oxygen atoms in total. The lowest BCUT2D eigenvalue weighted by Gasteiger charge is -2.09. The number of hydrogen-bond acceptors (Lipinski definition) is 3. The van der Waals surface area contributed by atoms with E-state index in [-0.39, 0.29) is 0 Å². The molecule has 0 aliphatic heterocycles. The Labute approximate surface area is 170 Å². The van der Waals surface area contributed by atoms with Crippen molar-refractivity contribution >= 4 is 22.8 Å². The Morgan fingerprint density at radius 3 is 2.14 bits per heavy atom. The van der Waals surface area contributed by atoms with E-state index < -0.39 is 11.9 Å². The molecule has 0 aliphatic rings. The third-order valence-corrected chi connectivity index (χ3v) is 4.37. The van der Waals surface area contributed by atoms with Crippen LogP contribution in [0.4, 0.5) is 0 Å². The molecule has 2 N–H and O–H groups in total. The van der Waals surface area contributed by atoms with E-state index >= 15 is 0 Å². The Morgan fingerprint density at radius 2 is 1.55 bits per heavy atom. The number of para-hydroxylation sites is 2. The van der Waals surface area contributed by atoms with E-state index in [0.29, 0.717) is 12.2 Å². The minimum atomic E-state index is -1.26. The highest BCUT2D eigenvalue weighted by atomic mass is 16.4. The van der Waals surface area contributed by atoms with Gasteiger partial charge in [-0.05, 0) is 50.7 Å². The molecule has 0 fully saturated rings. The van der Waals surface area contributed by atoms with Crippen molar-refractivity contribution in [3.8, 4) is 5.69 Å². The summed E-state index contributed by atoms with van der Waals surface area (Å²) in [6.45, 7) is 3.24. The monoisotopic (exact) mass is 394 g/mol. The Morgan fingerprint density at radius 1 is 0.966 bits per heavy atom. The van der Waals surface area contributed by atoms with E-state index in [4.69, 9.17) is 10.2 Å². The summed E-state index contributed by atoms with van der Waals surface area (Å²) in [6.07, 6.45) is 4.49. The van der Waals surface area contributed by atoms with Crippen LogP contribution in [0.25, 0.3) is 16.6 Å². The summed E-state index contributed by atoms with van der Waals surface area (Å²) in [5.74, 6) is -2.51. The van der Waals surface area contributed by atoms with E-state index in [1.54, 1.807) is 0 Å². The van der Waals surface area contributed by atoms with Gasteiger partial charge in [0.15, 0.2) is 0 Å². The number of benzene rings is 2. The average molecular weight is 394 g/mol. The summed E-state index contributed by atoms with van der Waals surface area (Å²) >= 11 is 0. The fraction of sp³-hybridized carbons (Fsp3) is 0.217. The summed E-state index contributed by atoms with van der Waals surface area (Å²) < 4.78 is 2.33. The van der Waals surface area contributed by atoms with Crippen LogP contribution in [0.2, 0.25) is 0 Å². The first-order valence-electron chi connectivity index (χ1n) is 9.23.